The SMILES string of the molecule is CC(=O)c1ccc(NC(=O)c2ccc(C(F)(F)F)nc2)cc1. The van der Waals surface area contributed by atoms with E-state index < -0.39 is 17.8 Å². The Bertz CT molecular complexity index is 692. The van der Waals surface area contributed by atoms with Gasteiger partial charge in [0.05, 0.1) is 5.56 Å². The van der Waals surface area contributed by atoms with Crippen LogP contribution in [0, 0.1) is 0 Å². The Hall–Kier alpha value is -2.70. The monoisotopic (exact) mass is 308 g/mol. The molecule has 0 aliphatic rings. The number of halogens is 3. The van der Waals surface area contributed by atoms with Gasteiger partial charge in [0.1, 0.15) is 5.69 Å². The summed E-state index contributed by atoms with van der Waals surface area (Å²) in [6.45, 7) is 1.42. The first-order chi connectivity index (χ1) is 10.3. The van der Waals surface area contributed by atoms with Gasteiger partial charge < -0.3 is 5.32 Å². The quantitative estimate of drug-likeness (QED) is 0.882. The number of ketones is 1. The van der Waals surface area contributed by atoms with Crippen molar-refractivity contribution in [3.05, 3.63) is 59.4 Å². The molecule has 1 heterocycles. The number of nitrogens with zero attached hydrogens (tertiary/aromatic N) is 1. The van der Waals surface area contributed by atoms with Gasteiger partial charge in [0.15, 0.2) is 5.78 Å². The predicted molar refractivity (Wildman–Crippen MR) is 73.6 cm³/mol. The molecule has 1 amide bonds. The van der Waals surface area contributed by atoms with E-state index in [0.29, 0.717) is 11.3 Å². The smallest absolute Gasteiger partial charge is 0.322 e. The van der Waals surface area contributed by atoms with Crippen molar-refractivity contribution in [3.63, 3.8) is 0 Å². The van der Waals surface area contributed by atoms with E-state index >= 15 is 0 Å². The average molecular weight is 308 g/mol. The molecule has 7 heteroatoms. The van der Waals surface area contributed by atoms with Gasteiger partial charge in [-0.25, -0.2) is 0 Å². The first-order valence-corrected chi connectivity index (χ1v) is 6.23. The summed E-state index contributed by atoms with van der Waals surface area (Å²) in [6, 6.07) is 7.95. The molecule has 0 saturated heterocycles. The number of carbonyl (C=O) groups is 2. The lowest BCUT2D eigenvalue weighted by molar-refractivity contribution is -0.141. The van der Waals surface area contributed by atoms with E-state index in [1.807, 2.05) is 0 Å². The van der Waals surface area contributed by atoms with Gasteiger partial charge in [0.2, 0.25) is 0 Å². The molecule has 2 rings (SSSR count). The van der Waals surface area contributed by atoms with Crippen molar-refractivity contribution < 1.29 is 22.8 Å². The zero-order valence-corrected chi connectivity index (χ0v) is 11.4. The number of benzene rings is 1. The molecule has 4 nitrogen and oxygen atoms in total. The summed E-state index contributed by atoms with van der Waals surface area (Å²) >= 11 is 0. The van der Waals surface area contributed by atoms with Gasteiger partial charge in [-0.1, -0.05) is 0 Å². The van der Waals surface area contributed by atoms with Gasteiger partial charge >= 0.3 is 6.18 Å². The zero-order valence-electron chi connectivity index (χ0n) is 11.4. The third-order valence-electron chi connectivity index (χ3n) is 2.87. The van der Waals surface area contributed by atoms with Crippen molar-refractivity contribution >= 4 is 17.4 Å². The minimum absolute atomic E-state index is 0.00337. The maximum atomic E-state index is 12.4. The van der Waals surface area contributed by atoms with E-state index in [9.17, 15) is 22.8 Å². The van der Waals surface area contributed by atoms with Crippen molar-refractivity contribution in [2.45, 2.75) is 13.1 Å². The number of aromatic nitrogens is 1. The maximum Gasteiger partial charge on any atom is 0.433 e. The highest BCUT2D eigenvalue weighted by molar-refractivity contribution is 6.04. The highest BCUT2D eigenvalue weighted by Gasteiger charge is 2.32. The summed E-state index contributed by atoms with van der Waals surface area (Å²) in [5.41, 5.74) is -0.136. The minimum Gasteiger partial charge on any atom is -0.322 e. The zero-order chi connectivity index (χ0) is 16.3. The highest BCUT2D eigenvalue weighted by atomic mass is 19.4. The maximum absolute atomic E-state index is 12.4. The van der Waals surface area contributed by atoms with Crippen molar-refractivity contribution in [2.24, 2.45) is 0 Å². The van der Waals surface area contributed by atoms with Crippen molar-refractivity contribution in [3.8, 4) is 0 Å². The lowest BCUT2D eigenvalue weighted by Crippen LogP contribution is -2.14. The molecule has 0 unspecified atom stereocenters. The van der Waals surface area contributed by atoms with Crippen LogP contribution in [0.1, 0.15) is 33.3 Å². The Morgan fingerprint density at radius 3 is 2.05 bits per heavy atom. The lowest BCUT2D eigenvalue weighted by Gasteiger charge is -2.08. The number of nitrogens with one attached hydrogen (secondary N) is 1. The van der Waals surface area contributed by atoms with Gasteiger partial charge in [-0.15, -0.1) is 0 Å². The van der Waals surface area contributed by atoms with Gasteiger partial charge in [-0.05, 0) is 43.3 Å². The molecule has 0 spiro atoms. The predicted octanol–water partition coefficient (Wildman–Crippen LogP) is 3.56. The van der Waals surface area contributed by atoms with E-state index in [2.05, 4.69) is 10.3 Å². The summed E-state index contributed by atoms with van der Waals surface area (Å²) in [5.74, 6) is -0.693. The number of hydrogen-bond donors (Lipinski definition) is 1. The van der Waals surface area contributed by atoms with Gasteiger partial charge in [-0.2, -0.15) is 13.2 Å². The van der Waals surface area contributed by atoms with Crippen LogP contribution in [0.25, 0.3) is 0 Å². The molecule has 114 valence electrons. The molecular formula is C15H11F3N2O2. The van der Waals surface area contributed by atoms with Crippen molar-refractivity contribution in [1.82, 2.24) is 4.98 Å². The molecule has 0 radical (unpaired) electrons. The van der Waals surface area contributed by atoms with Crippen LogP contribution in [0.15, 0.2) is 42.6 Å². The molecule has 1 aromatic heterocycles. The number of pyridine rings is 1. The molecule has 0 aliphatic carbocycles. The van der Waals surface area contributed by atoms with Crippen molar-refractivity contribution in [2.75, 3.05) is 5.32 Å². The van der Waals surface area contributed by atoms with Crippen LogP contribution in [-0.4, -0.2) is 16.7 Å². The second-order valence-electron chi connectivity index (χ2n) is 4.52. The number of carbonyl (C=O) groups excluding carboxylic acids is 2. The first kappa shape index (κ1) is 15.7. The Balaban J connectivity index is 2.10. The van der Waals surface area contributed by atoms with Crippen LogP contribution in [0.3, 0.4) is 0 Å². The second-order valence-corrected chi connectivity index (χ2v) is 4.52. The molecule has 0 atom stereocenters. The van der Waals surface area contributed by atoms with E-state index in [1.165, 1.54) is 19.1 Å². The fourth-order valence-corrected chi connectivity index (χ4v) is 1.69. The first-order valence-electron chi connectivity index (χ1n) is 6.23. The van der Waals surface area contributed by atoms with Crippen LogP contribution in [0.5, 0.6) is 0 Å². The van der Waals surface area contributed by atoms with Gasteiger partial charge in [0.25, 0.3) is 5.91 Å². The molecule has 0 fully saturated rings. The summed E-state index contributed by atoms with van der Waals surface area (Å²) in [4.78, 5) is 26.2. The molecular weight excluding hydrogens is 297 g/mol. The van der Waals surface area contributed by atoms with Crippen LogP contribution in [-0.2, 0) is 6.18 Å². The Morgan fingerprint density at radius 2 is 1.59 bits per heavy atom. The largest absolute Gasteiger partial charge is 0.433 e. The van der Waals surface area contributed by atoms with E-state index in [-0.39, 0.29) is 11.3 Å². The Labute approximate surface area is 124 Å². The minimum atomic E-state index is -4.54. The fraction of sp³-hybridized carbons (Fsp3) is 0.133. The topological polar surface area (TPSA) is 59.1 Å². The number of alkyl halides is 3. The van der Waals surface area contributed by atoms with Crippen LogP contribution in [0.2, 0.25) is 0 Å². The number of Topliss-reactive ketones (excluding diaryl/α,β-unsaturated/α-hetero) is 1. The van der Waals surface area contributed by atoms with Crippen molar-refractivity contribution in [1.29, 1.82) is 0 Å². The molecule has 1 aromatic carbocycles. The molecule has 22 heavy (non-hydrogen) atoms. The average Bonchev–Trinajstić information content (AvgIpc) is 2.47. The Kier molecular flexibility index (Phi) is 4.25. The molecule has 0 bridgehead atoms. The summed E-state index contributed by atoms with van der Waals surface area (Å²) in [6.07, 6.45) is -3.68. The third-order valence-corrected chi connectivity index (χ3v) is 2.87. The summed E-state index contributed by atoms with van der Waals surface area (Å²) < 4.78 is 37.1. The summed E-state index contributed by atoms with van der Waals surface area (Å²) in [5, 5.41) is 2.51. The van der Waals surface area contributed by atoms with E-state index in [0.717, 1.165) is 18.3 Å². The standard InChI is InChI=1S/C15H11F3N2O2/c1-9(21)10-2-5-12(6-3-10)20-14(22)11-4-7-13(19-8-11)15(16,17)18/h2-8H,1H3,(H,20,22). The van der Waals surface area contributed by atoms with Crippen LogP contribution < -0.4 is 5.32 Å². The fourth-order valence-electron chi connectivity index (χ4n) is 1.69. The second kappa shape index (κ2) is 5.97. The molecule has 2 aromatic rings. The van der Waals surface area contributed by atoms with Crippen LogP contribution in [0.4, 0.5) is 18.9 Å². The number of anilines is 1. The third kappa shape index (κ3) is 3.69. The number of amides is 1. The molecule has 1 N–H and O–H groups in total. The summed E-state index contributed by atoms with van der Waals surface area (Å²) in [7, 11) is 0. The number of rotatable bonds is 3. The van der Waals surface area contributed by atoms with Gasteiger partial charge in [-0.3, -0.25) is 14.6 Å². The van der Waals surface area contributed by atoms with E-state index in [4.69, 9.17) is 0 Å². The van der Waals surface area contributed by atoms with Crippen LogP contribution >= 0.6 is 0 Å². The number of hydrogen-bond acceptors (Lipinski definition) is 3. The van der Waals surface area contributed by atoms with E-state index in [1.54, 1.807) is 12.1 Å². The molecule has 0 saturated carbocycles. The lowest BCUT2D eigenvalue weighted by atomic mass is 10.1. The Morgan fingerprint density at radius 1 is 1.00 bits per heavy atom. The van der Waals surface area contributed by atoms with Gasteiger partial charge in [0, 0.05) is 17.4 Å². The highest BCUT2D eigenvalue weighted by Crippen LogP contribution is 2.27. The normalized spacial score (nSPS) is 11.1. The molecule has 0 aliphatic heterocycles.